The van der Waals surface area contributed by atoms with E-state index in [9.17, 15) is 0 Å². The summed E-state index contributed by atoms with van der Waals surface area (Å²) in [6, 6.07) is 12.0. The molecule has 158 valence electrons. The molecule has 1 saturated heterocycles. The number of rotatable bonds is 9. The summed E-state index contributed by atoms with van der Waals surface area (Å²) >= 11 is 0. The van der Waals surface area contributed by atoms with Crippen molar-refractivity contribution < 1.29 is 18.7 Å². The van der Waals surface area contributed by atoms with Gasteiger partial charge in [0.25, 0.3) is 0 Å². The number of hydrogen-bond donors (Lipinski definition) is 0. The molecule has 3 heterocycles. The van der Waals surface area contributed by atoms with Crippen LogP contribution in [-0.4, -0.2) is 54.0 Å². The van der Waals surface area contributed by atoms with Gasteiger partial charge >= 0.3 is 0 Å². The highest BCUT2D eigenvalue weighted by Crippen LogP contribution is 2.33. The van der Waals surface area contributed by atoms with Gasteiger partial charge < -0.3 is 18.7 Å². The van der Waals surface area contributed by atoms with Gasteiger partial charge in [-0.3, -0.25) is 4.90 Å². The predicted octanol–water partition coefficient (Wildman–Crippen LogP) is 3.50. The van der Waals surface area contributed by atoms with Gasteiger partial charge in [-0.1, -0.05) is 17.3 Å². The molecule has 2 aromatic heterocycles. The van der Waals surface area contributed by atoms with E-state index in [2.05, 4.69) is 32.2 Å². The Bertz CT molecular complexity index is 927. The second-order valence-corrected chi connectivity index (χ2v) is 7.16. The first-order valence-corrected chi connectivity index (χ1v) is 10.1. The van der Waals surface area contributed by atoms with Crippen molar-refractivity contribution in [3.63, 3.8) is 0 Å². The topological polar surface area (TPSA) is 82.7 Å². The van der Waals surface area contributed by atoms with E-state index in [1.165, 1.54) is 5.56 Å². The summed E-state index contributed by atoms with van der Waals surface area (Å²) in [5, 5.41) is 4.17. The maximum Gasteiger partial charge on any atom is 0.244 e. The minimum atomic E-state index is 0.123. The van der Waals surface area contributed by atoms with Crippen LogP contribution in [0, 0.1) is 0 Å². The van der Waals surface area contributed by atoms with Crippen LogP contribution in [0.25, 0.3) is 11.4 Å². The van der Waals surface area contributed by atoms with Crippen LogP contribution in [0.4, 0.5) is 0 Å². The first-order valence-electron chi connectivity index (χ1n) is 10.1. The Balaban J connectivity index is 1.42. The van der Waals surface area contributed by atoms with Crippen LogP contribution in [0.5, 0.6) is 11.6 Å². The molecule has 1 atom stereocenters. The average molecular weight is 410 g/mol. The van der Waals surface area contributed by atoms with Crippen LogP contribution >= 0.6 is 0 Å². The van der Waals surface area contributed by atoms with Crippen molar-refractivity contribution in [2.75, 3.05) is 34.0 Å². The third-order valence-corrected chi connectivity index (χ3v) is 5.17. The summed E-state index contributed by atoms with van der Waals surface area (Å²) in [4.78, 5) is 11.3. The van der Waals surface area contributed by atoms with Crippen molar-refractivity contribution in [2.45, 2.75) is 25.4 Å². The summed E-state index contributed by atoms with van der Waals surface area (Å²) in [5.41, 5.74) is 2.03. The highest BCUT2D eigenvalue weighted by Gasteiger charge is 2.30. The Hall–Kier alpha value is -2.97. The average Bonchev–Trinajstić information content (AvgIpc) is 3.44. The number of aromatic nitrogens is 3. The number of likely N-dealkylation sites (tertiary alicyclic amines) is 1. The van der Waals surface area contributed by atoms with E-state index >= 15 is 0 Å². The maximum absolute atomic E-state index is 5.62. The molecule has 4 rings (SSSR count). The van der Waals surface area contributed by atoms with Crippen LogP contribution in [0.15, 0.2) is 47.1 Å². The summed E-state index contributed by atoms with van der Waals surface area (Å²) in [5.74, 6) is 2.59. The molecule has 1 aromatic carbocycles. The van der Waals surface area contributed by atoms with Crippen molar-refractivity contribution in [1.29, 1.82) is 0 Å². The Morgan fingerprint density at radius 2 is 1.97 bits per heavy atom. The largest absolute Gasteiger partial charge is 0.497 e. The van der Waals surface area contributed by atoms with Crippen LogP contribution in [0.1, 0.15) is 30.3 Å². The fourth-order valence-corrected chi connectivity index (χ4v) is 3.58. The molecule has 1 fully saturated rings. The van der Waals surface area contributed by atoms with Gasteiger partial charge in [-0.05, 0) is 43.1 Å². The van der Waals surface area contributed by atoms with Crippen molar-refractivity contribution >= 4 is 0 Å². The standard InChI is InChI=1S/C22H26N4O4/c1-27-12-13-29-20-10-7-17(14-23-20)21-24-22(30-25-21)19-4-3-11-26(19)15-16-5-8-18(28-2)9-6-16/h5-10,14,19H,3-4,11-13,15H2,1-2H3/t19-/m1/s1. The van der Waals surface area contributed by atoms with E-state index in [1.807, 2.05) is 18.2 Å². The van der Waals surface area contributed by atoms with E-state index in [4.69, 9.17) is 18.7 Å². The highest BCUT2D eigenvalue weighted by molar-refractivity contribution is 5.53. The summed E-state index contributed by atoms with van der Waals surface area (Å²) in [6.07, 6.45) is 3.80. The lowest BCUT2D eigenvalue weighted by molar-refractivity contribution is 0.144. The molecule has 0 bridgehead atoms. The molecule has 0 radical (unpaired) electrons. The first kappa shape index (κ1) is 20.3. The van der Waals surface area contributed by atoms with Gasteiger partial charge in [0.15, 0.2) is 0 Å². The van der Waals surface area contributed by atoms with E-state index < -0.39 is 0 Å². The van der Waals surface area contributed by atoms with Gasteiger partial charge in [0.05, 0.1) is 19.8 Å². The number of hydrogen-bond acceptors (Lipinski definition) is 8. The maximum atomic E-state index is 5.62. The van der Waals surface area contributed by atoms with Gasteiger partial charge in [0, 0.05) is 31.5 Å². The molecule has 3 aromatic rings. The predicted molar refractivity (Wildman–Crippen MR) is 110 cm³/mol. The Morgan fingerprint density at radius 3 is 2.70 bits per heavy atom. The van der Waals surface area contributed by atoms with Gasteiger partial charge in [-0.25, -0.2) is 4.98 Å². The van der Waals surface area contributed by atoms with Crippen molar-refractivity contribution in [1.82, 2.24) is 20.0 Å². The van der Waals surface area contributed by atoms with Crippen LogP contribution < -0.4 is 9.47 Å². The quantitative estimate of drug-likeness (QED) is 0.496. The van der Waals surface area contributed by atoms with E-state index in [-0.39, 0.29) is 6.04 Å². The highest BCUT2D eigenvalue weighted by atomic mass is 16.5. The normalized spacial score (nSPS) is 16.7. The second-order valence-electron chi connectivity index (χ2n) is 7.16. The second kappa shape index (κ2) is 9.69. The van der Waals surface area contributed by atoms with Crippen molar-refractivity contribution in [3.05, 3.63) is 54.0 Å². The third-order valence-electron chi connectivity index (χ3n) is 5.17. The van der Waals surface area contributed by atoms with E-state index in [0.717, 1.165) is 37.2 Å². The number of benzene rings is 1. The molecule has 8 heteroatoms. The number of nitrogens with zero attached hydrogens (tertiary/aromatic N) is 4. The third kappa shape index (κ3) is 4.77. The Labute approximate surface area is 175 Å². The van der Waals surface area contributed by atoms with Gasteiger partial charge in [0.2, 0.25) is 17.6 Å². The van der Waals surface area contributed by atoms with Crippen molar-refractivity contribution in [3.8, 4) is 23.0 Å². The lowest BCUT2D eigenvalue weighted by Crippen LogP contribution is -2.23. The van der Waals surface area contributed by atoms with Crippen LogP contribution in [0.2, 0.25) is 0 Å². The molecule has 8 nitrogen and oxygen atoms in total. The van der Waals surface area contributed by atoms with Gasteiger partial charge in [-0.2, -0.15) is 4.98 Å². The van der Waals surface area contributed by atoms with Gasteiger partial charge in [-0.15, -0.1) is 0 Å². The monoisotopic (exact) mass is 410 g/mol. The SMILES string of the molecule is COCCOc1ccc(-c2noc([C@H]3CCCN3Cc3ccc(OC)cc3)n2)cn1. The van der Waals surface area contributed by atoms with Crippen LogP contribution in [0.3, 0.4) is 0 Å². The number of methoxy groups -OCH3 is 2. The molecule has 1 aliphatic heterocycles. The summed E-state index contributed by atoms with van der Waals surface area (Å²) in [6.45, 7) is 2.82. The molecule has 0 spiro atoms. The molecule has 1 aliphatic rings. The molecular weight excluding hydrogens is 384 g/mol. The molecular formula is C22H26N4O4. The molecule has 0 amide bonds. The van der Waals surface area contributed by atoms with E-state index in [1.54, 1.807) is 26.5 Å². The summed E-state index contributed by atoms with van der Waals surface area (Å²) in [7, 11) is 3.31. The first-order chi connectivity index (χ1) is 14.8. The lowest BCUT2D eigenvalue weighted by Gasteiger charge is -2.21. The zero-order valence-electron chi connectivity index (χ0n) is 17.3. The Kier molecular flexibility index (Phi) is 6.56. The van der Waals surface area contributed by atoms with Gasteiger partial charge in [0.1, 0.15) is 12.4 Å². The fourth-order valence-electron chi connectivity index (χ4n) is 3.58. The Morgan fingerprint density at radius 1 is 1.10 bits per heavy atom. The molecule has 0 unspecified atom stereocenters. The van der Waals surface area contributed by atoms with Crippen molar-refractivity contribution in [2.24, 2.45) is 0 Å². The van der Waals surface area contributed by atoms with Crippen LogP contribution in [-0.2, 0) is 11.3 Å². The molecule has 0 saturated carbocycles. The number of ether oxygens (including phenoxy) is 3. The smallest absolute Gasteiger partial charge is 0.244 e. The van der Waals surface area contributed by atoms with E-state index in [0.29, 0.717) is 30.8 Å². The fraction of sp³-hybridized carbons (Fsp3) is 0.409. The molecule has 0 N–H and O–H groups in total. The molecule has 0 aliphatic carbocycles. The molecule has 30 heavy (non-hydrogen) atoms. The minimum Gasteiger partial charge on any atom is -0.497 e. The zero-order chi connectivity index (χ0) is 20.8. The summed E-state index contributed by atoms with van der Waals surface area (Å²) < 4.78 is 21.3. The number of pyridine rings is 1. The zero-order valence-corrected chi connectivity index (χ0v) is 17.3. The minimum absolute atomic E-state index is 0.123. The lowest BCUT2D eigenvalue weighted by atomic mass is 10.1.